The van der Waals surface area contributed by atoms with E-state index in [2.05, 4.69) is 25.5 Å². The fourth-order valence-corrected chi connectivity index (χ4v) is 3.80. The van der Waals surface area contributed by atoms with E-state index >= 15 is 0 Å². The third kappa shape index (κ3) is 5.26. The van der Waals surface area contributed by atoms with E-state index in [1.54, 1.807) is 0 Å². The Bertz CT molecular complexity index is 506. The maximum Gasteiger partial charge on any atom is 0.136 e. The van der Waals surface area contributed by atoms with E-state index in [9.17, 15) is 0 Å². The number of hydrogen-bond donors (Lipinski definition) is 4. The largest absolute Gasteiger partial charge is 0.383 e. The van der Waals surface area contributed by atoms with Crippen molar-refractivity contribution in [3.63, 3.8) is 0 Å². The van der Waals surface area contributed by atoms with Crippen molar-refractivity contribution < 1.29 is 0 Å². The van der Waals surface area contributed by atoms with Crippen LogP contribution in [0.1, 0.15) is 58.1 Å². The van der Waals surface area contributed by atoms with Crippen molar-refractivity contribution in [2.24, 2.45) is 5.73 Å². The molecular weight excluding hydrogens is 314 g/mol. The highest BCUT2D eigenvalue weighted by Crippen LogP contribution is 2.29. The molecule has 25 heavy (non-hydrogen) atoms. The summed E-state index contributed by atoms with van der Waals surface area (Å²) >= 11 is 0. The lowest BCUT2D eigenvalue weighted by Gasteiger charge is -2.39. The number of nitrogens with two attached hydrogens (primary N) is 2. The zero-order valence-corrected chi connectivity index (χ0v) is 16.0. The summed E-state index contributed by atoms with van der Waals surface area (Å²) in [6, 6.07) is 1.01. The minimum absolute atomic E-state index is 0.170. The van der Waals surface area contributed by atoms with Gasteiger partial charge in [-0.1, -0.05) is 13.8 Å². The van der Waals surface area contributed by atoms with Crippen molar-refractivity contribution in [3.8, 4) is 0 Å². The highest BCUT2D eigenvalue weighted by atomic mass is 15.2. The Balaban J connectivity index is 0.00000109. The van der Waals surface area contributed by atoms with Crippen LogP contribution in [0.4, 0.5) is 11.6 Å². The van der Waals surface area contributed by atoms with Crippen LogP contribution in [0.3, 0.4) is 0 Å². The van der Waals surface area contributed by atoms with E-state index in [4.69, 9.17) is 11.5 Å². The van der Waals surface area contributed by atoms with Crippen molar-refractivity contribution >= 4 is 11.6 Å². The number of aromatic nitrogens is 2. The highest BCUT2D eigenvalue weighted by molar-refractivity contribution is 5.56. The average molecular weight is 350 g/mol. The maximum atomic E-state index is 6.03. The molecule has 0 spiro atoms. The van der Waals surface area contributed by atoms with Crippen LogP contribution in [-0.4, -0.2) is 53.1 Å². The number of nitrogens with zero attached hydrogens (tertiary/aromatic N) is 3. The lowest BCUT2D eigenvalue weighted by molar-refractivity contribution is 0.135. The molecule has 0 amide bonds. The second kappa shape index (κ2) is 9.89. The first-order valence-electron chi connectivity index (χ1n) is 9.72. The third-order valence-corrected chi connectivity index (χ3v) is 5.08. The molecule has 7 heteroatoms. The van der Waals surface area contributed by atoms with Gasteiger partial charge < -0.3 is 22.1 Å². The molecule has 0 radical (unpaired) electrons. The van der Waals surface area contributed by atoms with E-state index < -0.39 is 0 Å². The van der Waals surface area contributed by atoms with E-state index in [1.807, 2.05) is 20.8 Å². The summed E-state index contributed by atoms with van der Waals surface area (Å²) in [6.45, 7) is 10.5. The first-order chi connectivity index (χ1) is 12.1. The van der Waals surface area contributed by atoms with Gasteiger partial charge in [-0.05, 0) is 32.6 Å². The van der Waals surface area contributed by atoms with Gasteiger partial charge in [0.05, 0.1) is 5.56 Å². The summed E-state index contributed by atoms with van der Waals surface area (Å²) in [6.07, 6.45) is 6.32. The lowest BCUT2D eigenvalue weighted by Crippen LogP contribution is -2.50. The van der Waals surface area contributed by atoms with Gasteiger partial charge in [0.1, 0.15) is 18.0 Å². The molecule has 2 fully saturated rings. The van der Waals surface area contributed by atoms with Crippen LogP contribution in [0.2, 0.25) is 0 Å². The summed E-state index contributed by atoms with van der Waals surface area (Å²) < 4.78 is 0. The van der Waals surface area contributed by atoms with Crippen LogP contribution in [0.25, 0.3) is 0 Å². The van der Waals surface area contributed by atoms with E-state index in [0.29, 0.717) is 11.9 Å². The monoisotopic (exact) mass is 349 g/mol. The van der Waals surface area contributed by atoms with E-state index in [-0.39, 0.29) is 6.04 Å². The van der Waals surface area contributed by atoms with Crippen LogP contribution in [0.15, 0.2) is 6.33 Å². The van der Waals surface area contributed by atoms with Crippen molar-refractivity contribution in [3.05, 3.63) is 11.9 Å². The Morgan fingerprint density at radius 1 is 1.16 bits per heavy atom. The van der Waals surface area contributed by atoms with Crippen LogP contribution in [0, 0.1) is 0 Å². The molecule has 1 aromatic heterocycles. The summed E-state index contributed by atoms with van der Waals surface area (Å²) in [5, 5.41) is 6.98. The molecule has 3 rings (SSSR count). The van der Waals surface area contributed by atoms with Gasteiger partial charge in [-0.2, -0.15) is 0 Å². The predicted molar refractivity (Wildman–Crippen MR) is 105 cm³/mol. The SMILES string of the molecule is CC.CC(N)c1c(N)ncnc1NC1CCC(N2CCNCC2)CC1. The van der Waals surface area contributed by atoms with Gasteiger partial charge >= 0.3 is 0 Å². The van der Waals surface area contributed by atoms with E-state index in [1.165, 1.54) is 32.3 Å². The van der Waals surface area contributed by atoms with Gasteiger partial charge in [-0.3, -0.25) is 4.90 Å². The van der Waals surface area contributed by atoms with Gasteiger partial charge in [0.15, 0.2) is 0 Å². The van der Waals surface area contributed by atoms with Gasteiger partial charge in [-0.25, -0.2) is 9.97 Å². The van der Waals surface area contributed by atoms with Crippen molar-refractivity contribution in [1.29, 1.82) is 0 Å². The second-order valence-electron chi connectivity index (χ2n) is 6.75. The lowest BCUT2D eigenvalue weighted by atomic mass is 9.89. The average Bonchev–Trinajstić information content (AvgIpc) is 2.64. The Morgan fingerprint density at radius 2 is 1.80 bits per heavy atom. The number of hydrogen-bond acceptors (Lipinski definition) is 7. The molecule has 1 aliphatic heterocycles. The van der Waals surface area contributed by atoms with Crippen LogP contribution in [-0.2, 0) is 0 Å². The molecule has 6 N–H and O–H groups in total. The number of piperazine rings is 1. The first-order valence-corrected chi connectivity index (χ1v) is 9.72. The minimum Gasteiger partial charge on any atom is -0.383 e. The molecule has 142 valence electrons. The zero-order valence-electron chi connectivity index (χ0n) is 16.0. The molecule has 0 bridgehead atoms. The summed E-state index contributed by atoms with van der Waals surface area (Å²) in [7, 11) is 0. The quantitative estimate of drug-likeness (QED) is 0.656. The molecule has 1 saturated carbocycles. The number of anilines is 2. The number of nitrogens with one attached hydrogen (secondary N) is 2. The second-order valence-corrected chi connectivity index (χ2v) is 6.75. The maximum absolute atomic E-state index is 6.03. The molecule has 0 aromatic carbocycles. The smallest absolute Gasteiger partial charge is 0.136 e. The Hall–Kier alpha value is -1.44. The predicted octanol–water partition coefficient (Wildman–Crippen LogP) is 1.73. The van der Waals surface area contributed by atoms with Gasteiger partial charge in [-0.15, -0.1) is 0 Å². The fraction of sp³-hybridized carbons (Fsp3) is 0.778. The van der Waals surface area contributed by atoms with Gasteiger partial charge in [0, 0.05) is 44.3 Å². The minimum atomic E-state index is -0.170. The number of rotatable bonds is 4. The summed E-state index contributed by atoms with van der Waals surface area (Å²) in [5.41, 5.74) is 12.8. The molecule has 1 aromatic rings. The zero-order chi connectivity index (χ0) is 18.2. The van der Waals surface area contributed by atoms with Crippen LogP contribution in [0.5, 0.6) is 0 Å². The molecule has 1 saturated heterocycles. The Morgan fingerprint density at radius 3 is 2.40 bits per heavy atom. The molecular formula is C18H35N7. The molecule has 1 atom stereocenters. The first kappa shape index (κ1) is 19.9. The topological polar surface area (TPSA) is 105 Å². The van der Waals surface area contributed by atoms with Crippen molar-refractivity contribution in [1.82, 2.24) is 20.2 Å². The standard InChI is InChI=1S/C16H29N7.C2H6/c1-11(17)14-15(18)20-10-21-16(14)22-12-2-4-13(5-3-12)23-8-6-19-7-9-23;1-2/h10-13,19H,2-9,17H2,1H3,(H3,18,20,21,22);1-2H3. The van der Waals surface area contributed by atoms with Gasteiger partial charge in [0.25, 0.3) is 0 Å². The molecule has 2 heterocycles. The highest BCUT2D eigenvalue weighted by Gasteiger charge is 2.27. The van der Waals surface area contributed by atoms with E-state index in [0.717, 1.165) is 43.4 Å². The normalized spacial score (nSPS) is 25.6. The number of nitrogen functional groups attached to an aromatic ring is 1. The fourth-order valence-electron chi connectivity index (χ4n) is 3.80. The van der Waals surface area contributed by atoms with Crippen LogP contribution < -0.4 is 22.1 Å². The van der Waals surface area contributed by atoms with Crippen LogP contribution >= 0.6 is 0 Å². The molecule has 7 nitrogen and oxygen atoms in total. The summed E-state index contributed by atoms with van der Waals surface area (Å²) in [5.74, 6) is 1.28. The molecule has 1 unspecified atom stereocenters. The molecule has 1 aliphatic carbocycles. The molecule has 2 aliphatic rings. The third-order valence-electron chi connectivity index (χ3n) is 5.08. The Labute approximate surface area is 152 Å². The van der Waals surface area contributed by atoms with Crippen molar-refractivity contribution in [2.45, 2.75) is 64.6 Å². The van der Waals surface area contributed by atoms with Crippen molar-refractivity contribution in [2.75, 3.05) is 37.2 Å². The summed E-state index contributed by atoms with van der Waals surface area (Å²) in [4.78, 5) is 11.1. The van der Waals surface area contributed by atoms with Gasteiger partial charge in [0.2, 0.25) is 0 Å². The Kier molecular flexibility index (Phi) is 7.87.